The van der Waals surface area contributed by atoms with Gasteiger partial charge in [0.2, 0.25) is 5.75 Å². The van der Waals surface area contributed by atoms with E-state index < -0.39 is 0 Å². The first-order valence-corrected chi connectivity index (χ1v) is 9.68. The van der Waals surface area contributed by atoms with Gasteiger partial charge in [0.05, 0.1) is 23.0 Å². The molecule has 2 atom stereocenters. The van der Waals surface area contributed by atoms with Crippen molar-refractivity contribution in [2.24, 2.45) is 7.05 Å². The Labute approximate surface area is 172 Å². The molecule has 0 saturated heterocycles. The molecule has 3 aromatic rings. The van der Waals surface area contributed by atoms with E-state index in [1.807, 2.05) is 25.1 Å². The topological polar surface area (TPSA) is 92.0 Å². The van der Waals surface area contributed by atoms with Crippen molar-refractivity contribution in [3.8, 4) is 11.8 Å². The molecule has 2 aromatic heterocycles. The van der Waals surface area contributed by atoms with Gasteiger partial charge < -0.3 is 19.9 Å². The number of rotatable bonds is 2. The quantitative estimate of drug-likeness (QED) is 0.617. The molecule has 0 aliphatic carbocycles. The number of nitrogens with zero attached hydrogens (tertiary/aromatic N) is 3. The number of fused-ring (bicyclic) bond motifs is 3. The molecule has 0 amide bonds. The highest BCUT2D eigenvalue weighted by atomic mass is 35.5. The van der Waals surface area contributed by atoms with Gasteiger partial charge in [-0.25, -0.2) is 4.98 Å². The Balaban J connectivity index is 1.88. The summed E-state index contributed by atoms with van der Waals surface area (Å²) in [7, 11) is 1.73. The molecule has 0 unspecified atom stereocenters. The van der Waals surface area contributed by atoms with Crippen LogP contribution >= 0.6 is 11.6 Å². The molecule has 1 aliphatic heterocycles. The van der Waals surface area contributed by atoms with Crippen molar-refractivity contribution in [1.29, 1.82) is 5.26 Å². The van der Waals surface area contributed by atoms with Crippen LogP contribution in [-0.2, 0) is 7.05 Å². The summed E-state index contributed by atoms with van der Waals surface area (Å²) in [4.78, 5) is 16.8. The van der Waals surface area contributed by atoms with Gasteiger partial charge in [0.1, 0.15) is 16.8 Å². The van der Waals surface area contributed by atoms with E-state index in [-0.39, 0.29) is 28.4 Å². The van der Waals surface area contributed by atoms with E-state index in [1.54, 1.807) is 23.9 Å². The Morgan fingerprint density at radius 2 is 2.17 bits per heavy atom. The molecule has 8 heteroatoms. The number of ether oxygens (including phenoxy) is 1. The van der Waals surface area contributed by atoms with E-state index in [0.717, 1.165) is 23.0 Å². The first-order valence-electron chi connectivity index (χ1n) is 9.30. The van der Waals surface area contributed by atoms with E-state index in [0.29, 0.717) is 17.1 Å². The van der Waals surface area contributed by atoms with Gasteiger partial charge in [-0.15, -0.1) is 0 Å². The lowest BCUT2D eigenvalue weighted by Crippen LogP contribution is -2.22. The van der Waals surface area contributed by atoms with Gasteiger partial charge >= 0.3 is 0 Å². The van der Waals surface area contributed by atoms with Crippen LogP contribution in [0.25, 0.3) is 10.9 Å². The summed E-state index contributed by atoms with van der Waals surface area (Å²) in [5, 5.41) is 17.0. The van der Waals surface area contributed by atoms with Crippen LogP contribution in [0, 0.1) is 11.3 Å². The molecule has 3 heterocycles. The van der Waals surface area contributed by atoms with Gasteiger partial charge in [0.25, 0.3) is 5.56 Å². The van der Waals surface area contributed by atoms with Crippen LogP contribution in [0.5, 0.6) is 5.75 Å². The predicted octanol–water partition coefficient (Wildman–Crippen LogP) is 4.17. The number of hydrogen-bond donors (Lipinski definition) is 2. The Kier molecular flexibility index (Phi) is 4.81. The molecule has 1 aliphatic rings. The van der Waals surface area contributed by atoms with Crippen molar-refractivity contribution in [3.63, 3.8) is 0 Å². The number of hydrogen-bond acceptors (Lipinski definition) is 6. The van der Waals surface area contributed by atoms with E-state index >= 15 is 0 Å². The maximum absolute atomic E-state index is 12.9. The van der Waals surface area contributed by atoms with Crippen LogP contribution in [0.3, 0.4) is 0 Å². The number of aromatic nitrogens is 2. The maximum Gasteiger partial charge on any atom is 0.295 e. The molecule has 0 radical (unpaired) electrons. The molecule has 0 saturated carbocycles. The van der Waals surface area contributed by atoms with E-state index in [2.05, 4.69) is 28.6 Å². The van der Waals surface area contributed by atoms with Gasteiger partial charge in [-0.3, -0.25) is 4.79 Å². The number of aryl methyl sites for hydroxylation is 1. The lowest BCUT2D eigenvalue weighted by molar-refractivity contribution is 0.210. The Hall–Kier alpha value is -3.24. The van der Waals surface area contributed by atoms with Crippen molar-refractivity contribution in [1.82, 2.24) is 9.55 Å². The first-order chi connectivity index (χ1) is 13.9. The molecule has 2 N–H and O–H groups in total. The Morgan fingerprint density at radius 3 is 2.93 bits per heavy atom. The summed E-state index contributed by atoms with van der Waals surface area (Å²) in [6, 6.07) is 9.58. The monoisotopic (exact) mass is 409 g/mol. The number of anilines is 3. The fourth-order valence-corrected chi connectivity index (χ4v) is 3.91. The second-order valence-electron chi connectivity index (χ2n) is 7.27. The zero-order chi connectivity index (χ0) is 20.7. The average molecular weight is 410 g/mol. The molecule has 1 aromatic carbocycles. The number of benzene rings is 1. The van der Waals surface area contributed by atoms with Crippen LogP contribution in [0.1, 0.15) is 25.8 Å². The van der Waals surface area contributed by atoms with Crippen LogP contribution in [-0.4, -0.2) is 21.7 Å². The Bertz CT molecular complexity index is 1210. The molecule has 0 bridgehead atoms. The summed E-state index contributed by atoms with van der Waals surface area (Å²) in [5.41, 5.74) is 2.90. The highest BCUT2D eigenvalue weighted by Gasteiger charge is 2.25. The fourth-order valence-electron chi connectivity index (χ4n) is 3.70. The molecule has 29 heavy (non-hydrogen) atoms. The second kappa shape index (κ2) is 7.30. The third kappa shape index (κ3) is 3.36. The predicted molar refractivity (Wildman–Crippen MR) is 114 cm³/mol. The van der Waals surface area contributed by atoms with Crippen molar-refractivity contribution in [2.45, 2.75) is 32.4 Å². The largest absolute Gasteiger partial charge is 0.483 e. The van der Waals surface area contributed by atoms with Gasteiger partial charge in [0, 0.05) is 36.8 Å². The maximum atomic E-state index is 12.9. The van der Waals surface area contributed by atoms with Gasteiger partial charge in [-0.2, -0.15) is 5.26 Å². The molecular weight excluding hydrogens is 390 g/mol. The summed E-state index contributed by atoms with van der Waals surface area (Å²) in [6.07, 6.45) is 2.27. The van der Waals surface area contributed by atoms with E-state index in [9.17, 15) is 10.1 Å². The van der Waals surface area contributed by atoms with Crippen LogP contribution < -0.4 is 20.9 Å². The zero-order valence-corrected chi connectivity index (χ0v) is 17.0. The molecule has 0 spiro atoms. The minimum Gasteiger partial charge on any atom is -0.483 e. The minimum atomic E-state index is -0.172. The number of nitrogens with one attached hydrogen (secondary N) is 2. The molecule has 7 nitrogen and oxygen atoms in total. The molecular formula is C21H20ClN5O2. The molecule has 148 valence electrons. The van der Waals surface area contributed by atoms with Crippen LogP contribution in [0.15, 0.2) is 35.3 Å². The van der Waals surface area contributed by atoms with Crippen LogP contribution in [0.4, 0.5) is 17.1 Å². The summed E-state index contributed by atoms with van der Waals surface area (Å²) >= 11 is 6.03. The lowest BCUT2D eigenvalue weighted by atomic mass is 10.1. The number of nitriles is 1. The van der Waals surface area contributed by atoms with Gasteiger partial charge in [-0.05, 0) is 38.1 Å². The number of pyridine rings is 2. The van der Waals surface area contributed by atoms with Gasteiger partial charge in [0.15, 0.2) is 0 Å². The third-order valence-corrected chi connectivity index (χ3v) is 5.33. The smallest absolute Gasteiger partial charge is 0.295 e. The normalized spacial score (nSPS) is 18.2. The third-order valence-electron chi connectivity index (χ3n) is 5.04. The summed E-state index contributed by atoms with van der Waals surface area (Å²) in [5.74, 6) is 0.332. The highest BCUT2D eigenvalue weighted by molar-refractivity contribution is 6.31. The lowest BCUT2D eigenvalue weighted by Gasteiger charge is -2.17. The van der Waals surface area contributed by atoms with Crippen LogP contribution in [0.2, 0.25) is 5.15 Å². The van der Waals surface area contributed by atoms with E-state index in [4.69, 9.17) is 16.3 Å². The molecule has 4 rings (SSSR count). The van der Waals surface area contributed by atoms with Crippen molar-refractivity contribution < 1.29 is 4.74 Å². The highest BCUT2D eigenvalue weighted by Crippen LogP contribution is 2.36. The second-order valence-corrected chi connectivity index (χ2v) is 7.63. The number of halogens is 1. The first kappa shape index (κ1) is 19.1. The minimum absolute atomic E-state index is 0.0673. The SMILES string of the molecule is C[C@H]1C[C@H](C)Oc2c(c3cc(Nc4ccnc(Cl)c4C#N)ccc3n(C)c2=O)N1. The van der Waals surface area contributed by atoms with Gasteiger partial charge in [-0.1, -0.05) is 11.6 Å². The average Bonchev–Trinajstić information content (AvgIpc) is 2.84. The van der Waals surface area contributed by atoms with Crippen molar-refractivity contribution >= 4 is 39.6 Å². The standard InChI is InChI=1S/C21H20ClN5O2/c1-11-8-12(2)29-19-18(25-11)14-9-13(4-5-17(14)27(3)21(19)28)26-16-6-7-24-20(22)15(16)10-23/h4-7,9,11-12,25H,8H2,1-3H3,(H,24,26)/t11-,12-/m0/s1. The molecule has 0 fully saturated rings. The Morgan fingerprint density at radius 1 is 1.38 bits per heavy atom. The fraction of sp³-hybridized carbons (Fsp3) is 0.286. The summed E-state index contributed by atoms with van der Waals surface area (Å²) < 4.78 is 7.56. The van der Waals surface area contributed by atoms with E-state index in [1.165, 1.54) is 0 Å². The zero-order valence-electron chi connectivity index (χ0n) is 16.3. The van der Waals surface area contributed by atoms with Crippen molar-refractivity contribution in [3.05, 3.63) is 51.5 Å². The summed E-state index contributed by atoms with van der Waals surface area (Å²) in [6.45, 7) is 4.03. The van der Waals surface area contributed by atoms with Crippen molar-refractivity contribution in [2.75, 3.05) is 10.6 Å².